The van der Waals surface area contributed by atoms with E-state index >= 15 is 0 Å². The SMILES string of the molecule is COc1ccc2c(c1)C(=c1sc3n(c1=O)CN(c1cccc(C)c1)CN=3)C(=O)N2. The van der Waals surface area contributed by atoms with Gasteiger partial charge in [0.25, 0.3) is 11.5 Å². The van der Waals surface area contributed by atoms with E-state index in [1.807, 2.05) is 30.0 Å². The van der Waals surface area contributed by atoms with E-state index in [1.165, 1.54) is 11.3 Å². The average Bonchev–Trinajstić information content (AvgIpc) is 3.22. The van der Waals surface area contributed by atoms with Crippen molar-refractivity contribution < 1.29 is 9.53 Å². The third-order valence-corrected chi connectivity index (χ3v) is 6.23. The molecule has 7 nitrogen and oxygen atoms in total. The number of aromatic nitrogens is 1. The molecule has 5 rings (SSSR count). The molecule has 0 fully saturated rings. The highest BCUT2D eigenvalue weighted by molar-refractivity contribution is 7.07. The number of nitrogens with zero attached hydrogens (tertiary/aromatic N) is 3. The summed E-state index contributed by atoms with van der Waals surface area (Å²) in [5.74, 6) is 0.356. The third-order valence-electron chi connectivity index (χ3n) is 5.12. The highest BCUT2D eigenvalue weighted by atomic mass is 32.1. The van der Waals surface area contributed by atoms with E-state index in [2.05, 4.69) is 16.4 Å². The molecule has 3 heterocycles. The predicted octanol–water partition coefficient (Wildman–Crippen LogP) is 1.43. The summed E-state index contributed by atoms with van der Waals surface area (Å²) in [5.41, 5.74) is 3.71. The van der Waals surface area contributed by atoms with Crippen molar-refractivity contribution in [3.63, 3.8) is 0 Å². The van der Waals surface area contributed by atoms with Gasteiger partial charge >= 0.3 is 0 Å². The van der Waals surface area contributed by atoms with Crippen molar-refractivity contribution in [1.82, 2.24) is 4.57 Å². The van der Waals surface area contributed by atoms with Gasteiger partial charge in [-0.05, 0) is 42.8 Å². The van der Waals surface area contributed by atoms with Crippen molar-refractivity contribution in [3.8, 4) is 5.75 Å². The maximum atomic E-state index is 13.2. The normalized spacial score (nSPS) is 16.8. The Morgan fingerprint density at radius 1 is 1.17 bits per heavy atom. The van der Waals surface area contributed by atoms with Crippen LogP contribution in [-0.2, 0) is 11.5 Å². The van der Waals surface area contributed by atoms with Crippen LogP contribution in [0.3, 0.4) is 0 Å². The standard InChI is InChI=1S/C21H18N4O3S/c1-12-4-3-5-13(8-12)24-10-22-21-25(11-24)20(27)18(29-21)17-15-9-14(28-2)6-7-16(15)23-19(17)26/h3-9H,10-11H2,1-2H3,(H,23,26). The minimum atomic E-state index is -0.278. The number of methoxy groups -OCH3 is 1. The fraction of sp³-hybridized carbons (Fsp3) is 0.190. The Morgan fingerprint density at radius 2 is 2.03 bits per heavy atom. The van der Waals surface area contributed by atoms with Crippen molar-refractivity contribution >= 4 is 34.2 Å². The Labute approximate surface area is 170 Å². The lowest BCUT2D eigenvalue weighted by molar-refractivity contribution is -0.110. The number of rotatable bonds is 2. The topological polar surface area (TPSA) is 75.9 Å². The molecule has 1 N–H and O–H groups in total. The molecule has 29 heavy (non-hydrogen) atoms. The molecule has 0 atom stereocenters. The second kappa shape index (κ2) is 6.59. The lowest BCUT2D eigenvalue weighted by atomic mass is 10.1. The molecule has 1 amide bonds. The number of carbonyl (C=O) groups excluding carboxylic acids is 1. The molecule has 0 saturated carbocycles. The lowest BCUT2D eigenvalue weighted by Gasteiger charge is -2.25. The molecular weight excluding hydrogens is 388 g/mol. The molecule has 8 heteroatoms. The van der Waals surface area contributed by atoms with E-state index in [0.717, 1.165) is 11.3 Å². The van der Waals surface area contributed by atoms with Crippen molar-refractivity contribution in [2.75, 3.05) is 24.0 Å². The molecule has 0 saturated heterocycles. The van der Waals surface area contributed by atoms with Crippen LogP contribution in [0.25, 0.3) is 5.57 Å². The van der Waals surface area contributed by atoms with E-state index in [0.29, 0.717) is 45.2 Å². The highest BCUT2D eigenvalue weighted by Crippen LogP contribution is 2.33. The van der Waals surface area contributed by atoms with Crippen molar-refractivity contribution in [1.29, 1.82) is 0 Å². The van der Waals surface area contributed by atoms with Gasteiger partial charge in [-0.1, -0.05) is 23.5 Å². The van der Waals surface area contributed by atoms with Crippen molar-refractivity contribution in [3.05, 3.63) is 73.3 Å². The molecule has 2 aliphatic heterocycles. The van der Waals surface area contributed by atoms with E-state index in [1.54, 1.807) is 29.9 Å². The van der Waals surface area contributed by atoms with Crippen LogP contribution in [0, 0.1) is 6.92 Å². The van der Waals surface area contributed by atoms with Crippen LogP contribution in [-0.4, -0.2) is 24.3 Å². The maximum Gasteiger partial charge on any atom is 0.272 e. The number of thiazole rings is 1. The summed E-state index contributed by atoms with van der Waals surface area (Å²) in [5, 5.41) is 2.83. The number of benzene rings is 2. The average molecular weight is 406 g/mol. The molecule has 1 aromatic heterocycles. The summed E-state index contributed by atoms with van der Waals surface area (Å²) >= 11 is 1.26. The van der Waals surface area contributed by atoms with Crippen LogP contribution < -0.4 is 29.8 Å². The van der Waals surface area contributed by atoms with Gasteiger partial charge in [-0.15, -0.1) is 0 Å². The first-order valence-electron chi connectivity index (χ1n) is 9.15. The molecule has 0 unspecified atom stereocenters. The first-order valence-corrected chi connectivity index (χ1v) is 9.96. The van der Waals surface area contributed by atoms with E-state index in [-0.39, 0.29) is 11.5 Å². The second-order valence-corrected chi connectivity index (χ2v) is 7.98. The molecule has 146 valence electrons. The Hall–Kier alpha value is -3.39. The number of fused-ring (bicyclic) bond motifs is 2. The largest absolute Gasteiger partial charge is 0.497 e. The molecule has 0 spiro atoms. The maximum absolute atomic E-state index is 13.2. The summed E-state index contributed by atoms with van der Waals surface area (Å²) in [6, 6.07) is 13.4. The number of ether oxygens (including phenoxy) is 1. The van der Waals surface area contributed by atoms with Gasteiger partial charge < -0.3 is 15.0 Å². The van der Waals surface area contributed by atoms with Crippen molar-refractivity contribution in [2.24, 2.45) is 4.99 Å². The first kappa shape index (κ1) is 17.7. The monoisotopic (exact) mass is 406 g/mol. The van der Waals surface area contributed by atoms with Crippen LogP contribution in [0.5, 0.6) is 5.75 Å². The van der Waals surface area contributed by atoms with E-state index in [9.17, 15) is 9.59 Å². The quantitative estimate of drug-likeness (QED) is 0.699. The summed E-state index contributed by atoms with van der Waals surface area (Å²) in [4.78, 5) is 33.1. The number of hydrogen-bond donors (Lipinski definition) is 1. The Bertz CT molecular complexity index is 1340. The van der Waals surface area contributed by atoms with Gasteiger partial charge in [0.05, 0.1) is 12.7 Å². The van der Waals surface area contributed by atoms with E-state index < -0.39 is 0 Å². The zero-order valence-corrected chi connectivity index (χ0v) is 16.7. The van der Waals surface area contributed by atoms with Gasteiger partial charge in [-0.2, -0.15) is 0 Å². The Morgan fingerprint density at radius 3 is 2.83 bits per heavy atom. The molecule has 2 aliphatic rings. The fourth-order valence-electron chi connectivity index (χ4n) is 3.65. The zero-order valence-electron chi connectivity index (χ0n) is 15.9. The summed E-state index contributed by atoms with van der Waals surface area (Å²) in [6.07, 6.45) is 0. The van der Waals surface area contributed by atoms with Crippen LogP contribution >= 0.6 is 11.3 Å². The van der Waals surface area contributed by atoms with Gasteiger partial charge in [-0.25, -0.2) is 4.99 Å². The van der Waals surface area contributed by atoms with Crippen LogP contribution in [0.1, 0.15) is 11.1 Å². The Kier molecular flexibility index (Phi) is 4.02. The van der Waals surface area contributed by atoms with Crippen molar-refractivity contribution in [2.45, 2.75) is 13.6 Å². The molecule has 0 radical (unpaired) electrons. The minimum Gasteiger partial charge on any atom is -0.497 e. The smallest absolute Gasteiger partial charge is 0.272 e. The van der Waals surface area contributed by atoms with Gasteiger partial charge in [0.1, 0.15) is 23.6 Å². The van der Waals surface area contributed by atoms with Crippen LogP contribution in [0.4, 0.5) is 11.4 Å². The van der Waals surface area contributed by atoms with Gasteiger partial charge in [-0.3, -0.25) is 14.2 Å². The fourth-order valence-corrected chi connectivity index (χ4v) is 4.71. The molecule has 0 bridgehead atoms. The number of amides is 1. The van der Waals surface area contributed by atoms with Crippen LogP contribution in [0.2, 0.25) is 0 Å². The lowest BCUT2D eigenvalue weighted by Crippen LogP contribution is -2.43. The first-order chi connectivity index (χ1) is 14.0. The second-order valence-electron chi connectivity index (χ2n) is 7.01. The molecule has 0 aliphatic carbocycles. The van der Waals surface area contributed by atoms with E-state index in [4.69, 9.17) is 4.74 Å². The highest BCUT2D eigenvalue weighted by Gasteiger charge is 2.28. The number of aryl methyl sites for hydroxylation is 1. The summed E-state index contributed by atoms with van der Waals surface area (Å²) in [6.45, 7) is 2.90. The summed E-state index contributed by atoms with van der Waals surface area (Å²) < 4.78 is 7.32. The number of anilines is 2. The summed E-state index contributed by atoms with van der Waals surface area (Å²) in [7, 11) is 1.57. The minimum absolute atomic E-state index is 0.202. The number of hydrogen-bond acceptors (Lipinski definition) is 6. The molecular formula is C21H18N4O3S. The van der Waals surface area contributed by atoms with Gasteiger partial charge in [0.15, 0.2) is 4.80 Å². The predicted molar refractivity (Wildman–Crippen MR) is 112 cm³/mol. The molecule has 2 aromatic carbocycles. The van der Waals surface area contributed by atoms with Gasteiger partial charge in [0, 0.05) is 16.9 Å². The number of carbonyl (C=O) groups is 1. The third kappa shape index (κ3) is 2.84. The molecule has 3 aromatic rings. The van der Waals surface area contributed by atoms with Crippen LogP contribution in [0.15, 0.2) is 52.3 Å². The van der Waals surface area contributed by atoms with Gasteiger partial charge in [0.2, 0.25) is 0 Å². The number of nitrogens with one attached hydrogen (secondary N) is 1. The zero-order chi connectivity index (χ0) is 20.1. The Balaban J connectivity index is 1.65.